The molecule has 8 nitrogen and oxygen atoms in total. The van der Waals surface area contributed by atoms with E-state index in [1.54, 1.807) is 28.4 Å². The van der Waals surface area contributed by atoms with Gasteiger partial charge < -0.3 is 28.6 Å². The Morgan fingerprint density at radius 2 is 1.37 bits per heavy atom. The Bertz CT molecular complexity index is 1290. The van der Waals surface area contributed by atoms with Gasteiger partial charge in [-0.1, -0.05) is 30.3 Å². The Morgan fingerprint density at radius 1 is 0.756 bits per heavy atom. The summed E-state index contributed by atoms with van der Waals surface area (Å²) in [6.07, 6.45) is 3.14. The van der Waals surface area contributed by atoms with E-state index in [0.29, 0.717) is 30.9 Å². The van der Waals surface area contributed by atoms with E-state index in [2.05, 4.69) is 0 Å². The van der Waals surface area contributed by atoms with E-state index in [0.717, 1.165) is 47.5 Å². The molecule has 1 unspecified atom stereocenters. The van der Waals surface area contributed by atoms with E-state index in [4.69, 9.17) is 23.7 Å². The van der Waals surface area contributed by atoms with Crippen LogP contribution in [0.4, 0.5) is 0 Å². The minimum Gasteiger partial charge on any atom is -0.497 e. The lowest BCUT2D eigenvalue weighted by atomic mass is 9.93. The first-order valence-corrected chi connectivity index (χ1v) is 13.9. The molecule has 4 rings (SSSR count). The number of hydrogen-bond acceptors (Lipinski definition) is 7. The SMILES string of the molecule is COc1ccc(CC(=O)OC(C[C@H]2CCCCN2C(=O)Cc2ccc(OC)cc2)c2ccc(OC)c(OC)c2)cc1. The van der Waals surface area contributed by atoms with Crippen molar-refractivity contribution in [3.8, 4) is 23.0 Å². The molecule has 3 aromatic carbocycles. The lowest BCUT2D eigenvalue weighted by Crippen LogP contribution is -2.45. The van der Waals surface area contributed by atoms with Gasteiger partial charge in [0.2, 0.25) is 5.91 Å². The zero-order valence-electron chi connectivity index (χ0n) is 24.3. The third-order valence-electron chi connectivity index (χ3n) is 7.51. The van der Waals surface area contributed by atoms with Crippen LogP contribution in [0.2, 0.25) is 0 Å². The summed E-state index contributed by atoms with van der Waals surface area (Å²) in [6, 6.07) is 20.4. The van der Waals surface area contributed by atoms with E-state index in [-0.39, 0.29) is 24.3 Å². The summed E-state index contributed by atoms with van der Waals surface area (Å²) in [5.74, 6) is 2.34. The molecule has 0 radical (unpaired) electrons. The Labute approximate surface area is 242 Å². The highest BCUT2D eigenvalue weighted by Gasteiger charge is 2.31. The number of ether oxygens (including phenoxy) is 5. The van der Waals surface area contributed by atoms with Crippen molar-refractivity contribution in [3.05, 3.63) is 83.4 Å². The van der Waals surface area contributed by atoms with Crippen molar-refractivity contribution in [2.24, 2.45) is 0 Å². The number of carbonyl (C=O) groups is 2. The van der Waals surface area contributed by atoms with Gasteiger partial charge in [-0.05, 0) is 72.4 Å². The predicted octanol–water partition coefficient (Wildman–Crippen LogP) is 5.56. The first kappa shape index (κ1) is 29.8. The average molecular weight is 562 g/mol. The smallest absolute Gasteiger partial charge is 0.310 e. The van der Waals surface area contributed by atoms with Gasteiger partial charge in [0.05, 0.1) is 41.3 Å². The Balaban J connectivity index is 1.54. The number of benzene rings is 3. The Hall–Kier alpha value is -4.20. The van der Waals surface area contributed by atoms with Crippen LogP contribution in [0, 0.1) is 0 Å². The molecule has 0 N–H and O–H groups in total. The molecule has 1 heterocycles. The fraction of sp³-hybridized carbons (Fsp3) is 0.394. The molecule has 8 heteroatoms. The van der Waals surface area contributed by atoms with Gasteiger partial charge in [0.25, 0.3) is 0 Å². The van der Waals surface area contributed by atoms with Crippen LogP contribution < -0.4 is 18.9 Å². The molecule has 2 atom stereocenters. The molecule has 0 aliphatic carbocycles. The maximum absolute atomic E-state index is 13.5. The van der Waals surface area contributed by atoms with Crippen LogP contribution >= 0.6 is 0 Å². The van der Waals surface area contributed by atoms with E-state index in [9.17, 15) is 9.59 Å². The maximum Gasteiger partial charge on any atom is 0.310 e. The van der Waals surface area contributed by atoms with E-state index >= 15 is 0 Å². The molecule has 218 valence electrons. The highest BCUT2D eigenvalue weighted by atomic mass is 16.5. The molecule has 0 spiro atoms. The summed E-state index contributed by atoms with van der Waals surface area (Å²) in [7, 11) is 6.38. The van der Waals surface area contributed by atoms with E-state index in [1.165, 1.54) is 0 Å². The van der Waals surface area contributed by atoms with Crippen LogP contribution in [0.25, 0.3) is 0 Å². The molecule has 0 saturated carbocycles. The highest BCUT2D eigenvalue weighted by Crippen LogP contribution is 2.35. The molecular formula is C33H39NO7. The molecule has 3 aromatic rings. The number of hydrogen-bond donors (Lipinski definition) is 0. The predicted molar refractivity (Wildman–Crippen MR) is 156 cm³/mol. The van der Waals surface area contributed by atoms with Crippen LogP contribution in [0.5, 0.6) is 23.0 Å². The summed E-state index contributed by atoms with van der Waals surface area (Å²) in [6.45, 7) is 0.679. The van der Waals surface area contributed by atoms with Gasteiger partial charge in [0, 0.05) is 19.0 Å². The largest absolute Gasteiger partial charge is 0.497 e. The van der Waals surface area contributed by atoms with Crippen molar-refractivity contribution in [2.75, 3.05) is 35.0 Å². The molecule has 1 aliphatic heterocycles. The fourth-order valence-corrected chi connectivity index (χ4v) is 5.26. The van der Waals surface area contributed by atoms with E-state index < -0.39 is 6.10 Å². The van der Waals surface area contributed by atoms with Crippen molar-refractivity contribution in [1.29, 1.82) is 0 Å². The number of esters is 1. The molecule has 0 bridgehead atoms. The molecule has 1 fully saturated rings. The summed E-state index contributed by atoms with van der Waals surface area (Å²) in [5.41, 5.74) is 2.55. The Kier molecular flexibility index (Phi) is 10.5. The number of amides is 1. The molecule has 1 amide bonds. The number of likely N-dealkylation sites (tertiary alicyclic amines) is 1. The molecular weight excluding hydrogens is 522 g/mol. The first-order chi connectivity index (χ1) is 19.9. The quantitative estimate of drug-likeness (QED) is 0.268. The maximum atomic E-state index is 13.5. The second kappa shape index (κ2) is 14.4. The Morgan fingerprint density at radius 3 is 1.95 bits per heavy atom. The van der Waals surface area contributed by atoms with Crippen LogP contribution in [0.15, 0.2) is 66.7 Å². The van der Waals surface area contributed by atoms with Crippen molar-refractivity contribution < 1.29 is 33.3 Å². The first-order valence-electron chi connectivity index (χ1n) is 13.9. The topological polar surface area (TPSA) is 83.5 Å². The molecule has 1 saturated heterocycles. The fourth-order valence-electron chi connectivity index (χ4n) is 5.26. The summed E-state index contributed by atoms with van der Waals surface area (Å²) < 4.78 is 27.5. The minimum atomic E-state index is -0.569. The van der Waals surface area contributed by atoms with Gasteiger partial charge in [-0.3, -0.25) is 9.59 Å². The third-order valence-corrected chi connectivity index (χ3v) is 7.51. The lowest BCUT2D eigenvalue weighted by Gasteiger charge is -2.38. The zero-order chi connectivity index (χ0) is 29.2. The highest BCUT2D eigenvalue weighted by molar-refractivity contribution is 5.79. The van der Waals surface area contributed by atoms with Gasteiger partial charge >= 0.3 is 5.97 Å². The van der Waals surface area contributed by atoms with Gasteiger partial charge in [0.15, 0.2) is 11.5 Å². The van der Waals surface area contributed by atoms with Crippen molar-refractivity contribution in [3.63, 3.8) is 0 Å². The van der Waals surface area contributed by atoms with Gasteiger partial charge in [-0.2, -0.15) is 0 Å². The number of carbonyl (C=O) groups excluding carboxylic acids is 2. The minimum absolute atomic E-state index is 0.0653. The van der Waals surface area contributed by atoms with Gasteiger partial charge in [0.1, 0.15) is 17.6 Å². The lowest BCUT2D eigenvalue weighted by molar-refractivity contribution is -0.150. The average Bonchev–Trinajstić information content (AvgIpc) is 3.01. The normalized spacial score (nSPS) is 15.5. The molecule has 1 aliphatic rings. The second-order valence-corrected chi connectivity index (χ2v) is 10.1. The zero-order valence-corrected chi connectivity index (χ0v) is 24.3. The van der Waals surface area contributed by atoms with Gasteiger partial charge in [-0.15, -0.1) is 0 Å². The van der Waals surface area contributed by atoms with Crippen LogP contribution in [-0.4, -0.2) is 57.8 Å². The monoisotopic (exact) mass is 561 g/mol. The summed E-state index contributed by atoms with van der Waals surface area (Å²) in [4.78, 5) is 28.6. The summed E-state index contributed by atoms with van der Waals surface area (Å²) in [5, 5.41) is 0. The molecule has 0 aromatic heterocycles. The number of methoxy groups -OCH3 is 4. The van der Waals surface area contributed by atoms with Crippen molar-refractivity contribution in [1.82, 2.24) is 4.90 Å². The van der Waals surface area contributed by atoms with Crippen LogP contribution in [-0.2, 0) is 27.2 Å². The number of rotatable bonds is 12. The van der Waals surface area contributed by atoms with E-state index in [1.807, 2.05) is 71.6 Å². The van der Waals surface area contributed by atoms with Crippen LogP contribution in [0.3, 0.4) is 0 Å². The second-order valence-electron chi connectivity index (χ2n) is 10.1. The third kappa shape index (κ3) is 7.93. The van der Waals surface area contributed by atoms with Crippen molar-refractivity contribution >= 4 is 11.9 Å². The number of nitrogens with zero attached hydrogens (tertiary/aromatic N) is 1. The number of piperidine rings is 1. The summed E-state index contributed by atoms with van der Waals surface area (Å²) >= 11 is 0. The molecule has 41 heavy (non-hydrogen) atoms. The van der Waals surface area contributed by atoms with Crippen LogP contribution in [0.1, 0.15) is 48.5 Å². The van der Waals surface area contributed by atoms with Crippen molar-refractivity contribution in [2.45, 2.75) is 50.7 Å². The standard InChI is InChI=1S/C33H39NO7/c1-37-27-13-8-23(9-14-27)19-32(35)34-18-6-5-7-26(34)22-30(25-12-17-29(39-3)31(21-25)40-4)41-33(36)20-24-10-15-28(38-2)16-11-24/h8-17,21,26,30H,5-7,18-20,22H2,1-4H3/t26-,30?/m1/s1. The van der Waals surface area contributed by atoms with Gasteiger partial charge in [-0.25, -0.2) is 0 Å².